The summed E-state index contributed by atoms with van der Waals surface area (Å²) in [6.45, 7) is 0.427. The lowest BCUT2D eigenvalue weighted by molar-refractivity contribution is -0.139. The van der Waals surface area contributed by atoms with E-state index in [4.69, 9.17) is 4.74 Å². The number of amides is 2. The van der Waals surface area contributed by atoms with Crippen LogP contribution in [0.3, 0.4) is 0 Å². The van der Waals surface area contributed by atoms with E-state index >= 15 is 0 Å². The number of nitrogens with zero attached hydrogens (tertiary/aromatic N) is 1. The highest BCUT2D eigenvalue weighted by atomic mass is 32.2. The van der Waals surface area contributed by atoms with Gasteiger partial charge in [-0.1, -0.05) is 36.4 Å². The number of benzene rings is 2. The Morgan fingerprint density at radius 2 is 1.93 bits per heavy atom. The zero-order valence-corrected chi connectivity index (χ0v) is 16.5. The van der Waals surface area contributed by atoms with E-state index in [0.29, 0.717) is 18.2 Å². The Morgan fingerprint density at radius 3 is 2.79 bits per heavy atom. The molecule has 1 unspecified atom stereocenters. The summed E-state index contributed by atoms with van der Waals surface area (Å²) in [7, 11) is 0. The monoisotopic (exact) mass is 396 g/mol. The summed E-state index contributed by atoms with van der Waals surface area (Å²) in [5.41, 5.74) is 3.74. The Hall–Kier alpha value is -2.47. The Kier molecular flexibility index (Phi) is 5.86. The number of aryl methyl sites for hydroxylation is 2. The first-order valence-corrected chi connectivity index (χ1v) is 10.8. The highest BCUT2D eigenvalue weighted by Crippen LogP contribution is 2.26. The van der Waals surface area contributed by atoms with Gasteiger partial charge in [0.15, 0.2) is 6.61 Å². The molecule has 1 saturated heterocycles. The van der Waals surface area contributed by atoms with Gasteiger partial charge in [0.2, 0.25) is 5.91 Å². The largest absolute Gasteiger partial charge is 0.484 e. The minimum Gasteiger partial charge on any atom is -0.484 e. The van der Waals surface area contributed by atoms with Crippen LogP contribution in [0, 0.1) is 0 Å². The number of nitrogens with one attached hydrogen (secondary N) is 1. The molecule has 6 heteroatoms. The van der Waals surface area contributed by atoms with Gasteiger partial charge >= 0.3 is 0 Å². The number of carbonyl (C=O) groups excluding carboxylic acids is 2. The number of carbonyl (C=O) groups is 2. The van der Waals surface area contributed by atoms with Crippen LogP contribution in [0.5, 0.6) is 5.75 Å². The van der Waals surface area contributed by atoms with Crippen LogP contribution < -0.4 is 10.1 Å². The molecule has 0 radical (unpaired) electrons. The Bertz CT molecular complexity index is 856. The van der Waals surface area contributed by atoms with Gasteiger partial charge < -0.3 is 15.0 Å². The lowest BCUT2D eigenvalue weighted by atomic mass is 10.1. The smallest absolute Gasteiger partial charge is 0.261 e. The zero-order chi connectivity index (χ0) is 19.3. The van der Waals surface area contributed by atoms with Crippen molar-refractivity contribution in [1.82, 2.24) is 10.2 Å². The number of thioether (sulfide) groups is 1. The van der Waals surface area contributed by atoms with Crippen molar-refractivity contribution in [2.45, 2.75) is 31.8 Å². The van der Waals surface area contributed by atoms with Crippen LogP contribution in [0.4, 0.5) is 0 Å². The maximum Gasteiger partial charge on any atom is 0.261 e. The van der Waals surface area contributed by atoms with Crippen molar-refractivity contribution < 1.29 is 14.3 Å². The predicted octanol–water partition coefficient (Wildman–Crippen LogP) is 2.77. The molecule has 28 heavy (non-hydrogen) atoms. The Balaban J connectivity index is 1.31. The van der Waals surface area contributed by atoms with Crippen LogP contribution in [0.2, 0.25) is 0 Å². The third-order valence-corrected chi connectivity index (χ3v) is 6.26. The van der Waals surface area contributed by atoms with Crippen LogP contribution in [-0.2, 0) is 29.0 Å². The van der Waals surface area contributed by atoms with Crippen molar-refractivity contribution in [3.05, 3.63) is 65.2 Å². The molecule has 2 amide bonds. The first-order chi connectivity index (χ1) is 13.7. The molecule has 4 rings (SSSR count). The lowest BCUT2D eigenvalue weighted by Crippen LogP contribution is -2.48. The maximum atomic E-state index is 12.6. The van der Waals surface area contributed by atoms with Crippen LogP contribution in [0.15, 0.2) is 48.5 Å². The van der Waals surface area contributed by atoms with Crippen molar-refractivity contribution in [3.63, 3.8) is 0 Å². The summed E-state index contributed by atoms with van der Waals surface area (Å²) >= 11 is 1.60. The molecule has 5 nitrogen and oxygen atoms in total. The molecule has 2 aromatic carbocycles. The second-order valence-corrected chi connectivity index (χ2v) is 8.16. The minimum absolute atomic E-state index is 0.0399. The number of rotatable bonds is 6. The van der Waals surface area contributed by atoms with Crippen LogP contribution in [-0.4, -0.2) is 41.0 Å². The molecule has 1 aliphatic heterocycles. The fourth-order valence-electron chi connectivity index (χ4n) is 3.67. The topological polar surface area (TPSA) is 58.6 Å². The van der Waals surface area contributed by atoms with Gasteiger partial charge in [0.05, 0.1) is 5.88 Å². The summed E-state index contributed by atoms with van der Waals surface area (Å²) in [6, 6.07) is 15.4. The lowest BCUT2D eigenvalue weighted by Gasteiger charge is -2.23. The molecule has 1 aliphatic carbocycles. The third-order valence-electron chi connectivity index (χ3n) is 5.25. The van der Waals surface area contributed by atoms with Gasteiger partial charge in [0.1, 0.15) is 11.8 Å². The third kappa shape index (κ3) is 4.33. The first-order valence-electron chi connectivity index (χ1n) is 9.64. The maximum absolute atomic E-state index is 12.6. The normalized spacial score (nSPS) is 18.0. The van der Waals surface area contributed by atoms with E-state index in [1.165, 1.54) is 17.5 Å². The average molecular weight is 397 g/mol. The minimum atomic E-state index is -0.440. The average Bonchev–Trinajstić information content (AvgIpc) is 3.40. The number of fused-ring (bicyclic) bond motifs is 1. The molecule has 0 spiro atoms. The van der Waals surface area contributed by atoms with E-state index in [-0.39, 0.29) is 18.4 Å². The molecular weight excluding hydrogens is 372 g/mol. The van der Waals surface area contributed by atoms with Crippen molar-refractivity contribution in [3.8, 4) is 5.75 Å². The Morgan fingerprint density at radius 1 is 1.11 bits per heavy atom. The molecule has 1 N–H and O–H groups in total. The summed E-state index contributed by atoms with van der Waals surface area (Å²) in [6.07, 6.45) is 3.38. The first kappa shape index (κ1) is 18.9. The van der Waals surface area contributed by atoms with Crippen LogP contribution in [0.1, 0.15) is 23.1 Å². The standard InChI is InChI=1S/C22H24N2O3S/c25-21(13-27-19-10-9-17-7-4-8-18(17)11-19)24-15-28-14-20(24)22(26)23-12-16-5-2-1-3-6-16/h1-3,5-6,9-11,20H,4,7-8,12-15H2,(H,23,26). The van der Waals surface area contributed by atoms with Crippen LogP contribution in [0.25, 0.3) is 0 Å². The number of hydrogen-bond acceptors (Lipinski definition) is 4. The highest BCUT2D eigenvalue weighted by Gasteiger charge is 2.34. The second-order valence-electron chi connectivity index (χ2n) is 7.16. The fraction of sp³-hybridized carbons (Fsp3) is 0.364. The van der Waals surface area contributed by atoms with Gasteiger partial charge in [-0.15, -0.1) is 11.8 Å². The number of ether oxygens (including phenoxy) is 1. The molecule has 2 aliphatic rings. The van der Waals surface area contributed by atoms with E-state index in [2.05, 4.69) is 11.4 Å². The van der Waals surface area contributed by atoms with E-state index < -0.39 is 6.04 Å². The van der Waals surface area contributed by atoms with Gasteiger partial charge in [0, 0.05) is 12.3 Å². The molecule has 0 aromatic heterocycles. The molecule has 0 bridgehead atoms. The van der Waals surface area contributed by atoms with Gasteiger partial charge in [-0.05, 0) is 48.1 Å². The Labute approximate surface area is 169 Å². The molecule has 1 atom stereocenters. The molecule has 1 heterocycles. The predicted molar refractivity (Wildman–Crippen MR) is 110 cm³/mol. The van der Waals surface area contributed by atoms with Crippen molar-refractivity contribution in [1.29, 1.82) is 0 Å². The van der Waals surface area contributed by atoms with E-state index in [0.717, 1.165) is 24.2 Å². The van der Waals surface area contributed by atoms with E-state index in [1.54, 1.807) is 16.7 Å². The van der Waals surface area contributed by atoms with Gasteiger partial charge in [-0.3, -0.25) is 9.59 Å². The van der Waals surface area contributed by atoms with Crippen molar-refractivity contribution in [2.75, 3.05) is 18.2 Å². The summed E-state index contributed by atoms with van der Waals surface area (Å²) < 4.78 is 5.73. The van der Waals surface area contributed by atoms with Gasteiger partial charge in [-0.2, -0.15) is 0 Å². The summed E-state index contributed by atoms with van der Waals surface area (Å²) in [5, 5.41) is 2.94. The van der Waals surface area contributed by atoms with E-state index in [9.17, 15) is 9.59 Å². The second kappa shape index (κ2) is 8.69. The molecule has 146 valence electrons. The quantitative estimate of drug-likeness (QED) is 0.816. The van der Waals surface area contributed by atoms with Gasteiger partial charge in [0.25, 0.3) is 5.91 Å². The van der Waals surface area contributed by atoms with Crippen molar-refractivity contribution in [2.24, 2.45) is 0 Å². The van der Waals surface area contributed by atoms with Crippen LogP contribution >= 0.6 is 11.8 Å². The zero-order valence-electron chi connectivity index (χ0n) is 15.7. The molecule has 1 fully saturated rings. The molecule has 0 saturated carbocycles. The SMILES string of the molecule is O=C(NCc1ccccc1)C1CSCN1C(=O)COc1ccc2c(c1)CCC2. The van der Waals surface area contributed by atoms with Crippen molar-refractivity contribution >= 4 is 23.6 Å². The fourth-order valence-corrected chi connectivity index (χ4v) is 4.86. The summed E-state index contributed by atoms with van der Waals surface area (Å²) in [5.74, 6) is 1.61. The van der Waals surface area contributed by atoms with E-state index in [1.807, 2.05) is 42.5 Å². The summed E-state index contributed by atoms with van der Waals surface area (Å²) in [4.78, 5) is 26.8. The van der Waals surface area contributed by atoms with Gasteiger partial charge in [-0.25, -0.2) is 0 Å². The molecule has 2 aromatic rings. The highest BCUT2D eigenvalue weighted by molar-refractivity contribution is 7.99. The number of hydrogen-bond donors (Lipinski definition) is 1. The molecular formula is C22H24N2O3S.